The number of carbonyl (C=O) groups excluding carboxylic acids is 1. The highest BCUT2D eigenvalue weighted by Crippen LogP contribution is 2.20. The van der Waals surface area contributed by atoms with E-state index in [1.165, 1.54) is 0 Å². The average molecular weight is 345 g/mol. The molecule has 1 aliphatic rings. The third-order valence-electron chi connectivity index (χ3n) is 4.70. The van der Waals surface area contributed by atoms with Crippen molar-refractivity contribution >= 4 is 11.8 Å². The van der Waals surface area contributed by atoms with E-state index in [0.29, 0.717) is 6.54 Å². The summed E-state index contributed by atoms with van der Waals surface area (Å²) in [7, 11) is 5.70. The topological polar surface area (TPSA) is 71.2 Å². The van der Waals surface area contributed by atoms with Crippen LogP contribution in [0.3, 0.4) is 0 Å². The minimum Gasteiger partial charge on any atom is -0.355 e. The van der Waals surface area contributed by atoms with Gasteiger partial charge in [-0.15, -0.1) is 0 Å². The number of anilines is 1. The molecule has 0 spiro atoms. The minimum absolute atomic E-state index is 0.0592. The first-order valence-electron chi connectivity index (χ1n) is 8.67. The molecule has 136 valence electrons. The second-order valence-corrected chi connectivity index (χ2v) is 6.81. The molecule has 3 heterocycles. The summed E-state index contributed by atoms with van der Waals surface area (Å²) in [6.07, 6.45) is 5.68. The van der Waals surface area contributed by atoms with Crippen molar-refractivity contribution in [1.29, 1.82) is 0 Å². The molecule has 0 bridgehead atoms. The molecule has 0 aromatic carbocycles. The van der Waals surface area contributed by atoms with Gasteiger partial charge in [-0.2, -0.15) is 5.10 Å². The lowest BCUT2D eigenvalue weighted by molar-refractivity contribution is 0.199. The number of urea groups is 1. The molecule has 1 unspecified atom stereocenters. The van der Waals surface area contributed by atoms with Crippen LogP contribution in [0, 0.1) is 6.92 Å². The fourth-order valence-corrected chi connectivity index (χ4v) is 3.31. The van der Waals surface area contributed by atoms with Gasteiger partial charge in [-0.1, -0.05) is 0 Å². The quantitative estimate of drug-likeness (QED) is 0.906. The SMILES string of the molecule is Cc1cc(N2CCCC(NC(=O)N(C)Cc3nccn3C)C2)n(C)n1. The number of hydrogen-bond acceptors (Lipinski definition) is 4. The lowest BCUT2D eigenvalue weighted by Crippen LogP contribution is -2.51. The summed E-state index contributed by atoms with van der Waals surface area (Å²) < 4.78 is 3.84. The average Bonchev–Trinajstić information content (AvgIpc) is 3.12. The molecule has 8 nitrogen and oxygen atoms in total. The normalized spacial score (nSPS) is 17.6. The molecule has 8 heteroatoms. The van der Waals surface area contributed by atoms with Crippen LogP contribution in [0.25, 0.3) is 0 Å². The van der Waals surface area contributed by atoms with E-state index in [1.54, 1.807) is 18.1 Å². The van der Waals surface area contributed by atoms with E-state index in [4.69, 9.17) is 0 Å². The maximum Gasteiger partial charge on any atom is 0.317 e. The first-order chi connectivity index (χ1) is 11.9. The zero-order valence-electron chi connectivity index (χ0n) is 15.4. The fraction of sp³-hybridized carbons (Fsp3) is 0.588. The smallest absolute Gasteiger partial charge is 0.317 e. The van der Waals surface area contributed by atoms with Crippen molar-refractivity contribution in [2.75, 3.05) is 25.0 Å². The highest BCUT2D eigenvalue weighted by molar-refractivity contribution is 5.74. The Morgan fingerprint density at radius 1 is 1.44 bits per heavy atom. The molecule has 2 aromatic rings. The number of imidazole rings is 1. The second kappa shape index (κ2) is 7.16. The van der Waals surface area contributed by atoms with Gasteiger partial charge in [-0.05, 0) is 19.8 Å². The van der Waals surface area contributed by atoms with Gasteiger partial charge >= 0.3 is 6.03 Å². The van der Waals surface area contributed by atoms with Crippen LogP contribution in [0.4, 0.5) is 10.6 Å². The van der Waals surface area contributed by atoms with Gasteiger partial charge in [0.2, 0.25) is 0 Å². The Morgan fingerprint density at radius 3 is 2.88 bits per heavy atom. The number of rotatable bonds is 4. The number of nitrogens with one attached hydrogen (secondary N) is 1. The van der Waals surface area contributed by atoms with E-state index < -0.39 is 0 Å². The number of hydrogen-bond donors (Lipinski definition) is 1. The van der Waals surface area contributed by atoms with E-state index in [2.05, 4.69) is 26.4 Å². The van der Waals surface area contributed by atoms with E-state index >= 15 is 0 Å². The molecule has 0 radical (unpaired) electrons. The standard InChI is InChI=1S/C17H27N7O/c1-13-10-16(23(4)20-13)24-8-5-6-14(11-24)19-17(25)22(3)12-15-18-7-9-21(15)2/h7,9-10,14H,5-6,8,11-12H2,1-4H3,(H,19,25). The Hall–Kier alpha value is -2.51. The number of aromatic nitrogens is 4. The molecule has 1 N–H and O–H groups in total. The predicted octanol–water partition coefficient (Wildman–Crippen LogP) is 1.27. The predicted molar refractivity (Wildman–Crippen MR) is 96.4 cm³/mol. The summed E-state index contributed by atoms with van der Waals surface area (Å²) in [5.74, 6) is 1.98. The Bertz CT molecular complexity index is 735. The molecule has 1 fully saturated rings. The number of aryl methyl sites for hydroxylation is 3. The molecule has 1 atom stereocenters. The van der Waals surface area contributed by atoms with Gasteiger partial charge in [0.25, 0.3) is 0 Å². The third kappa shape index (κ3) is 3.94. The molecule has 0 saturated carbocycles. The summed E-state index contributed by atoms with van der Waals surface area (Å²) >= 11 is 0. The number of amides is 2. The van der Waals surface area contributed by atoms with Gasteiger partial charge in [0, 0.05) is 58.7 Å². The van der Waals surface area contributed by atoms with E-state index in [1.807, 2.05) is 36.5 Å². The Balaban J connectivity index is 1.57. The summed E-state index contributed by atoms with van der Waals surface area (Å²) in [4.78, 5) is 20.8. The molecule has 3 rings (SSSR count). The minimum atomic E-state index is -0.0592. The molecule has 25 heavy (non-hydrogen) atoms. The summed E-state index contributed by atoms with van der Waals surface area (Å²) in [6.45, 7) is 4.29. The van der Waals surface area contributed by atoms with Crippen molar-refractivity contribution in [2.45, 2.75) is 32.4 Å². The van der Waals surface area contributed by atoms with Crippen molar-refractivity contribution in [3.8, 4) is 0 Å². The molecule has 1 saturated heterocycles. The van der Waals surface area contributed by atoms with Crippen molar-refractivity contribution in [3.63, 3.8) is 0 Å². The third-order valence-corrected chi connectivity index (χ3v) is 4.70. The van der Waals surface area contributed by atoms with Gasteiger partial charge in [0.15, 0.2) is 0 Å². The number of piperidine rings is 1. The molecule has 2 aromatic heterocycles. The fourth-order valence-electron chi connectivity index (χ4n) is 3.31. The van der Waals surface area contributed by atoms with Crippen LogP contribution in [0.5, 0.6) is 0 Å². The number of nitrogens with zero attached hydrogens (tertiary/aromatic N) is 6. The lowest BCUT2D eigenvalue weighted by Gasteiger charge is -2.35. The van der Waals surface area contributed by atoms with E-state index in [-0.39, 0.29) is 12.1 Å². The van der Waals surface area contributed by atoms with Crippen molar-refractivity contribution in [1.82, 2.24) is 29.5 Å². The van der Waals surface area contributed by atoms with Gasteiger partial charge in [0.05, 0.1) is 12.2 Å². The monoisotopic (exact) mass is 345 g/mol. The number of carbonyl (C=O) groups is 1. The first kappa shape index (κ1) is 17.3. The molecule has 0 aliphatic carbocycles. The largest absolute Gasteiger partial charge is 0.355 e. The van der Waals surface area contributed by atoms with E-state index in [0.717, 1.165) is 43.3 Å². The van der Waals surface area contributed by atoms with Crippen LogP contribution < -0.4 is 10.2 Å². The highest BCUT2D eigenvalue weighted by atomic mass is 16.2. The van der Waals surface area contributed by atoms with Gasteiger partial charge < -0.3 is 19.7 Å². The van der Waals surface area contributed by atoms with Crippen LogP contribution in [0.1, 0.15) is 24.4 Å². The van der Waals surface area contributed by atoms with Crippen LogP contribution in [-0.2, 0) is 20.6 Å². The summed E-state index contributed by atoms with van der Waals surface area (Å²) in [5.41, 5.74) is 1.01. The maximum absolute atomic E-state index is 12.5. The van der Waals surface area contributed by atoms with Crippen molar-refractivity contribution in [3.05, 3.63) is 30.0 Å². The highest BCUT2D eigenvalue weighted by Gasteiger charge is 2.24. The van der Waals surface area contributed by atoms with Crippen molar-refractivity contribution in [2.24, 2.45) is 14.1 Å². The van der Waals surface area contributed by atoms with Crippen LogP contribution >= 0.6 is 0 Å². The van der Waals surface area contributed by atoms with Crippen molar-refractivity contribution < 1.29 is 4.79 Å². The maximum atomic E-state index is 12.5. The Morgan fingerprint density at radius 2 is 2.24 bits per heavy atom. The zero-order chi connectivity index (χ0) is 18.0. The van der Waals surface area contributed by atoms with Crippen LogP contribution in [0.15, 0.2) is 18.5 Å². The second-order valence-electron chi connectivity index (χ2n) is 6.81. The molecular formula is C17H27N7O. The molecular weight excluding hydrogens is 318 g/mol. The van der Waals surface area contributed by atoms with Crippen LogP contribution in [-0.4, -0.2) is 56.4 Å². The summed E-state index contributed by atoms with van der Waals surface area (Å²) in [6, 6.07) is 2.17. The zero-order valence-corrected chi connectivity index (χ0v) is 15.4. The van der Waals surface area contributed by atoms with Gasteiger partial charge in [-0.25, -0.2) is 9.78 Å². The van der Waals surface area contributed by atoms with Crippen LogP contribution in [0.2, 0.25) is 0 Å². The first-order valence-corrected chi connectivity index (χ1v) is 8.67. The van der Waals surface area contributed by atoms with Gasteiger partial charge in [-0.3, -0.25) is 4.68 Å². The van der Waals surface area contributed by atoms with E-state index in [9.17, 15) is 4.79 Å². The summed E-state index contributed by atoms with van der Waals surface area (Å²) in [5, 5.41) is 7.58. The molecule has 2 amide bonds. The molecule has 1 aliphatic heterocycles. The lowest BCUT2D eigenvalue weighted by atomic mass is 10.1. The Kier molecular flexibility index (Phi) is 4.96. The van der Waals surface area contributed by atoms with Gasteiger partial charge in [0.1, 0.15) is 11.6 Å². The Labute approximate surface area is 148 Å².